The highest BCUT2D eigenvalue weighted by atomic mass is 16.1. The molecule has 0 spiro atoms. The van der Waals surface area contributed by atoms with Crippen LogP contribution in [0.15, 0.2) is 42.6 Å². The van der Waals surface area contributed by atoms with Gasteiger partial charge in [0.05, 0.1) is 17.6 Å². The van der Waals surface area contributed by atoms with Gasteiger partial charge in [0, 0.05) is 29.9 Å². The maximum Gasteiger partial charge on any atom is 0.169 e. The number of pyridine rings is 1. The molecule has 0 amide bonds. The van der Waals surface area contributed by atoms with Crippen LogP contribution in [0.1, 0.15) is 21.7 Å². The maximum absolute atomic E-state index is 12.5. The predicted octanol–water partition coefficient (Wildman–Crippen LogP) is 2.70. The first-order chi connectivity index (χ1) is 9.65. The summed E-state index contributed by atoms with van der Waals surface area (Å²) in [5.41, 5.74) is 3.41. The minimum atomic E-state index is 0.0894. The van der Waals surface area contributed by atoms with Crippen molar-refractivity contribution in [3.05, 3.63) is 59.5 Å². The van der Waals surface area contributed by atoms with Crippen molar-refractivity contribution in [3.63, 3.8) is 0 Å². The molecule has 3 rings (SSSR count). The molecular formula is C16H15N3O. The minimum absolute atomic E-state index is 0.0894. The van der Waals surface area contributed by atoms with Gasteiger partial charge < -0.3 is 0 Å². The summed E-state index contributed by atoms with van der Waals surface area (Å²) >= 11 is 0. The molecule has 1 aromatic carbocycles. The monoisotopic (exact) mass is 265 g/mol. The third kappa shape index (κ3) is 2.20. The van der Waals surface area contributed by atoms with Gasteiger partial charge in [-0.1, -0.05) is 18.2 Å². The summed E-state index contributed by atoms with van der Waals surface area (Å²) < 4.78 is 1.76. The zero-order valence-electron chi connectivity index (χ0n) is 11.5. The van der Waals surface area contributed by atoms with Gasteiger partial charge in [0.2, 0.25) is 0 Å². The van der Waals surface area contributed by atoms with Gasteiger partial charge in [0.15, 0.2) is 5.78 Å². The van der Waals surface area contributed by atoms with Crippen LogP contribution in [0.4, 0.5) is 0 Å². The van der Waals surface area contributed by atoms with Crippen LogP contribution in [-0.4, -0.2) is 20.5 Å². The van der Waals surface area contributed by atoms with E-state index < -0.39 is 0 Å². The molecule has 0 radical (unpaired) electrons. The quantitative estimate of drug-likeness (QED) is 0.684. The van der Waals surface area contributed by atoms with Crippen LogP contribution in [0, 0.1) is 6.92 Å². The van der Waals surface area contributed by atoms with Crippen LogP contribution in [-0.2, 0) is 13.5 Å². The molecule has 3 aromatic rings. The zero-order valence-corrected chi connectivity index (χ0v) is 11.5. The fraction of sp³-hybridized carbons (Fsp3) is 0.188. The largest absolute Gasteiger partial charge is 0.294 e. The highest BCUT2D eigenvalue weighted by Gasteiger charge is 2.13. The summed E-state index contributed by atoms with van der Waals surface area (Å²) in [5.74, 6) is 0.0894. The first kappa shape index (κ1) is 12.5. The molecule has 4 nitrogen and oxygen atoms in total. The summed E-state index contributed by atoms with van der Waals surface area (Å²) in [6, 6.07) is 11.4. The number of hydrogen-bond donors (Lipinski definition) is 0. The fourth-order valence-electron chi connectivity index (χ4n) is 2.43. The number of ketones is 1. The van der Waals surface area contributed by atoms with Crippen molar-refractivity contribution in [2.75, 3.05) is 0 Å². The first-order valence-electron chi connectivity index (χ1n) is 6.51. The second-order valence-corrected chi connectivity index (χ2v) is 4.88. The Morgan fingerprint density at radius 1 is 1.25 bits per heavy atom. The predicted molar refractivity (Wildman–Crippen MR) is 77.7 cm³/mol. The number of rotatable bonds is 3. The second-order valence-electron chi connectivity index (χ2n) is 4.88. The van der Waals surface area contributed by atoms with E-state index in [9.17, 15) is 4.79 Å². The van der Waals surface area contributed by atoms with Crippen molar-refractivity contribution < 1.29 is 4.79 Å². The lowest BCUT2D eigenvalue weighted by molar-refractivity contribution is 0.0992. The van der Waals surface area contributed by atoms with Crippen molar-refractivity contribution >= 4 is 16.7 Å². The Morgan fingerprint density at radius 2 is 2.05 bits per heavy atom. The molecule has 0 fully saturated rings. The number of carbonyl (C=O) groups is 1. The number of carbonyl (C=O) groups excluding carboxylic acids is 1. The van der Waals surface area contributed by atoms with Gasteiger partial charge in [-0.15, -0.1) is 0 Å². The number of aryl methyl sites for hydroxylation is 2. The van der Waals surface area contributed by atoms with E-state index in [4.69, 9.17) is 0 Å². The van der Waals surface area contributed by atoms with Crippen LogP contribution < -0.4 is 0 Å². The smallest absolute Gasteiger partial charge is 0.169 e. The van der Waals surface area contributed by atoms with E-state index in [-0.39, 0.29) is 5.78 Å². The SMILES string of the molecule is Cc1cc(CC(=O)c2ccnc3ccccc23)n(C)n1. The lowest BCUT2D eigenvalue weighted by atomic mass is 10.0. The number of nitrogens with zero attached hydrogens (tertiary/aromatic N) is 3. The molecule has 0 saturated heterocycles. The second kappa shape index (κ2) is 4.89. The van der Waals surface area contributed by atoms with Crippen molar-refractivity contribution in [1.29, 1.82) is 0 Å². The zero-order chi connectivity index (χ0) is 14.1. The Labute approximate surface area is 117 Å². The summed E-state index contributed by atoms with van der Waals surface area (Å²) in [6.45, 7) is 1.93. The first-order valence-corrected chi connectivity index (χ1v) is 6.51. The van der Waals surface area contributed by atoms with Crippen LogP contribution in [0.2, 0.25) is 0 Å². The Hall–Kier alpha value is -2.49. The summed E-state index contributed by atoms with van der Waals surface area (Å²) in [4.78, 5) is 16.8. The Balaban J connectivity index is 1.99. The van der Waals surface area contributed by atoms with Gasteiger partial charge in [0.25, 0.3) is 0 Å². The number of para-hydroxylation sites is 1. The van der Waals surface area contributed by atoms with E-state index in [0.29, 0.717) is 6.42 Å². The van der Waals surface area contributed by atoms with Gasteiger partial charge in [0.1, 0.15) is 0 Å². The van der Waals surface area contributed by atoms with Crippen LogP contribution in [0.3, 0.4) is 0 Å². The average Bonchev–Trinajstić information content (AvgIpc) is 2.76. The number of hydrogen-bond acceptors (Lipinski definition) is 3. The number of Topliss-reactive ketones (excluding diaryl/α,β-unsaturated/α-hetero) is 1. The molecular weight excluding hydrogens is 250 g/mol. The molecule has 100 valence electrons. The molecule has 0 unspecified atom stereocenters. The Morgan fingerprint density at radius 3 is 2.80 bits per heavy atom. The van der Waals surface area contributed by atoms with Crippen molar-refractivity contribution in [3.8, 4) is 0 Å². The lowest BCUT2D eigenvalue weighted by Gasteiger charge is -2.05. The van der Waals surface area contributed by atoms with E-state index in [0.717, 1.165) is 27.9 Å². The van der Waals surface area contributed by atoms with Crippen LogP contribution in [0.5, 0.6) is 0 Å². The van der Waals surface area contributed by atoms with Crippen LogP contribution in [0.25, 0.3) is 10.9 Å². The summed E-state index contributed by atoms with van der Waals surface area (Å²) in [6.07, 6.45) is 2.04. The van der Waals surface area contributed by atoms with E-state index in [1.54, 1.807) is 16.9 Å². The number of fused-ring (bicyclic) bond motifs is 1. The van der Waals surface area contributed by atoms with Crippen molar-refractivity contribution in [1.82, 2.24) is 14.8 Å². The normalized spacial score (nSPS) is 10.9. The highest BCUT2D eigenvalue weighted by Crippen LogP contribution is 2.18. The molecule has 0 aliphatic heterocycles. The number of aromatic nitrogens is 3. The van der Waals surface area contributed by atoms with Gasteiger partial charge in [-0.25, -0.2) is 0 Å². The van der Waals surface area contributed by atoms with Crippen molar-refractivity contribution in [2.45, 2.75) is 13.3 Å². The van der Waals surface area contributed by atoms with Gasteiger partial charge >= 0.3 is 0 Å². The van der Waals surface area contributed by atoms with Gasteiger partial charge in [-0.05, 0) is 25.1 Å². The summed E-state index contributed by atoms with van der Waals surface area (Å²) in [5, 5.41) is 5.17. The molecule has 0 aliphatic carbocycles. The Bertz CT molecular complexity index is 784. The fourth-order valence-corrected chi connectivity index (χ4v) is 2.43. The molecule has 0 atom stereocenters. The molecule has 2 heterocycles. The highest BCUT2D eigenvalue weighted by molar-refractivity contribution is 6.07. The average molecular weight is 265 g/mol. The minimum Gasteiger partial charge on any atom is -0.294 e. The standard InChI is InChI=1S/C16H15N3O/c1-11-9-12(19(2)18-11)10-16(20)14-7-8-17-15-6-4-3-5-13(14)15/h3-9H,10H2,1-2H3. The molecule has 20 heavy (non-hydrogen) atoms. The van der Waals surface area contributed by atoms with Gasteiger partial charge in [-0.3, -0.25) is 14.5 Å². The lowest BCUT2D eigenvalue weighted by Crippen LogP contribution is -2.08. The molecule has 2 aromatic heterocycles. The summed E-state index contributed by atoms with van der Waals surface area (Å²) in [7, 11) is 1.86. The third-order valence-electron chi connectivity index (χ3n) is 3.39. The van der Waals surface area contributed by atoms with Gasteiger partial charge in [-0.2, -0.15) is 5.10 Å². The van der Waals surface area contributed by atoms with E-state index >= 15 is 0 Å². The van der Waals surface area contributed by atoms with E-state index in [1.807, 2.05) is 44.3 Å². The molecule has 0 saturated carbocycles. The topological polar surface area (TPSA) is 47.8 Å². The van der Waals surface area contributed by atoms with E-state index in [2.05, 4.69) is 10.1 Å². The van der Waals surface area contributed by atoms with E-state index in [1.165, 1.54) is 0 Å². The molecule has 0 bridgehead atoms. The molecule has 0 aliphatic rings. The molecule has 4 heteroatoms. The molecule has 0 N–H and O–H groups in total. The maximum atomic E-state index is 12.5. The third-order valence-corrected chi connectivity index (χ3v) is 3.39. The van der Waals surface area contributed by atoms with Crippen LogP contribution >= 0.6 is 0 Å². The number of benzene rings is 1. The van der Waals surface area contributed by atoms with Crippen molar-refractivity contribution in [2.24, 2.45) is 7.05 Å². The Kier molecular flexibility index (Phi) is 3.06.